The Morgan fingerprint density at radius 1 is 1.81 bits per heavy atom. The van der Waals surface area contributed by atoms with Crippen LogP contribution < -0.4 is 11.1 Å². The van der Waals surface area contributed by atoms with Crippen LogP contribution in [0.3, 0.4) is 0 Å². The molecule has 0 fully saturated rings. The van der Waals surface area contributed by atoms with E-state index in [2.05, 4.69) is 16.2 Å². The normalized spacial score (nSPS) is 13.8. The minimum absolute atomic E-state index is 0.196. The largest absolute Gasteiger partial charge is 0.354 e. The molecule has 0 aliphatic heterocycles. The Hall–Kier alpha value is -1.38. The number of hydrogen-bond acceptors (Lipinski definition) is 4. The summed E-state index contributed by atoms with van der Waals surface area (Å²) in [6.07, 6.45) is 7.10. The molecular formula is C11H15N3OS. The number of nitrogens with one attached hydrogen (secondary N) is 1. The summed E-state index contributed by atoms with van der Waals surface area (Å²) in [5.74, 6) is 2.36. The lowest BCUT2D eigenvalue weighted by Gasteiger charge is -2.12. The molecular weight excluding hydrogens is 222 g/mol. The van der Waals surface area contributed by atoms with Crippen molar-refractivity contribution in [2.75, 3.05) is 6.54 Å². The molecule has 0 saturated heterocycles. The molecule has 5 heteroatoms. The van der Waals surface area contributed by atoms with Crippen LogP contribution in [0.4, 0.5) is 0 Å². The van der Waals surface area contributed by atoms with Gasteiger partial charge in [-0.25, -0.2) is 4.98 Å². The molecule has 0 radical (unpaired) electrons. The van der Waals surface area contributed by atoms with Crippen molar-refractivity contribution in [2.24, 2.45) is 5.73 Å². The zero-order valence-corrected chi connectivity index (χ0v) is 9.96. The zero-order chi connectivity index (χ0) is 12.0. The van der Waals surface area contributed by atoms with E-state index in [-0.39, 0.29) is 18.2 Å². The van der Waals surface area contributed by atoms with E-state index in [1.165, 1.54) is 0 Å². The molecule has 16 heavy (non-hydrogen) atoms. The lowest BCUT2D eigenvalue weighted by molar-refractivity contribution is -0.122. The first kappa shape index (κ1) is 12.7. The van der Waals surface area contributed by atoms with Crippen LogP contribution in [0.2, 0.25) is 0 Å². The van der Waals surface area contributed by atoms with Crippen LogP contribution in [0.1, 0.15) is 24.3 Å². The molecule has 0 aliphatic carbocycles. The molecule has 1 aromatic rings. The molecule has 0 aliphatic rings. The SMILES string of the molecule is C#CCC(N)C(=O)NCC(C)c1nccs1. The van der Waals surface area contributed by atoms with Crippen LogP contribution in [0.25, 0.3) is 0 Å². The maximum atomic E-state index is 11.5. The van der Waals surface area contributed by atoms with E-state index in [0.717, 1.165) is 5.01 Å². The molecule has 4 nitrogen and oxygen atoms in total. The van der Waals surface area contributed by atoms with Gasteiger partial charge in [-0.2, -0.15) is 0 Å². The summed E-state index contributed by atoms with van der Waals surface area (Å²) >= 11 is 1.58. The highest BCUT2D eigenvalue weighted by Gasteiger charge is 2.14. The van der Waals surface area contributed by atoms with Gasteiger partial charge >= 0.3 is 0 Å². The quantitative estimate of drug-likeness (QED) is 0.741. The minimum atomic E-state index is -0.617. The smallest absolute Gasteiger partial charge is 0.237 e. The molecule has 0 saturated carbocycles. The van der Waals surface area contributed by atoms with Crippen LogP contribution in [0.15, 0.2) is 11.6 Å². The summed E-state index contributed by atoms with van der Waals surface area (Å²) in [4.78, 5) is 15.6. The Labute approximate surface area is 99.3 Å². The summed E-state index contributed by atoms with van der Waals surface area (Å²) in [7, 11) is 0. The van der Waals surface area contributed by atoms with Gasteiger partial charge in [0.25, 0.3) is 0 Å². The van der Waals surface area contributed by atoms with E-state index in [1.807, 2.05) is 12.3 Å². The second-order valence-corrected chi connectivity index (χ2v) is 4.46. The monoisotopic (exact) mass is 237 g/mol. The van der Waals surface area contributed by atoms with Crippen molar-refractivity contribution >= 4 is 17.2 Å². The maximum absolute atomic E-state index is 11.5. The molecule has 1 heterocycles. The van der Waals surface area contributed by atoms with Gasteiger partial charge in [0.15, 0.2) is 0 Å². The zero-order valence-electron chi connectivity index (χ0n) is 9.14. The predicted octanol–water partition coefficient (Wildman–Crippen LogP) is 0.713. The number of aromatic nitrogens is 1. The average Bonchev–Trinajstić information content (AvgIpc) is 2.79. The molecule has 1 rings (SSSR count). The fourth-order valence-electron chi connectivity index (χ4n) is 1.17. The van der Waals surface area contributed by atoms with Crippen LogP contribution in [0, 0.1) is 12.3 Å². The second kappa shape index (κ2) is 6.26. The summed E-state index contributed by atoms with van der Waals surface area (Å²) in [6.45, 7) is 2.54. The highest BCUT2D eigenvalue weighted by Crippen LogP contribution is 2.16. The van der Waals surface area contributed by atoms with E-state index in [0.29, 0.717) is 6.54 Å². The number of hydrogen-bond donors (Lipinski definition) is 2. The fourth-order valence-corrected chi connectivity index (χ4v) is 1.87. The molecule has 86 valence electrons. The first-order valence-electron chi connectivity index (χ1n) is 5.01. The van der Waals surface area contributed by atoms with Gasteiger partial charge in [-0.1, -0.05) is 6.92 Å². The summed E-state index contributed by atoms with van der Waals surface area (Å²) in [6, 6.07) is -0.617. The van der Waals surface area contributed by atoms with E-state index >= 15 is 0 Å². The molecule has 3 N–H and O–H groups in total. The predicted molar refractivity (Wildman–Crippen MR) is 65.0 cm³/mol. The number of thiazole rings is 1. The number of nitrogens with two attached hydrogens (primary N) is 1. The lowest BCUT2D eigenvalue weighted by Crippen LogP contribution is -2.41. The van der Waals surface area contributed by atoms with Crippen molar-refractivity contribution in [1.29, 1.82) is 0 Å². The van der Waals surface area contributed by atoms with Gasteiger partial charge in [-0.3, -0.25) is 4.79 Å². The van der Waals surface area contributed by atoms with Gasteiger partial charge in [0.05, 0.1) is 11.0 Å². The molecule has 0 spiro atoms. The summed E-state index contributed by atoms with van der Waals surface area (Å²) in [5, 5.41) is 5.68. The van der Waals surface area contributed by atoms with Gasteiger partial charge < -0.3 is 11.1 Å². The molecule has 0 aromatic carbocycles. The highest BCUT2D eigenvalue weighted by molar-refractivity contribution is 7.09. The van der Waals surface area contributed by atoms with E-state index in [1.54, 1.807) is 17.5 Å². The molecule has 1 amide bonds. The Balaban J connectivity index is 2.35. The Morgan fingerprint density at radius 2 is 2.56 bits per heavy atom. The average molecular weight is 237 g/mol. The first-order chi connectivity index (χ1) is 7.65. The topological polar surface area (TPSA) is 68.0 Å². The van der Waals surface area contributed by atoms with Crippen molar-refractivity contribution in [2.45, 2.75) is 25.3 Å². The van der Waals surface area contributed by atoms with Crippen LogP contribution in [-0.4, -0.2) is 23.5 Å². The van der Waals surface area contributed by atoms with Gasteiger partial charge in [0.1, 0.15) is 0 Å². The molecule has 2 unspecified atom stereocenters. The minimum Gasteiger partial charge on any atom is -0.354 e. The number of carbonyl (C=O) groups is 1. The third-order valence-corrected chi connectivity index (χ3v) is 3.14. The second-order valence-electron chi connectivity index (χ2n) is 3.53. The number of terminal acetylenes is 1. The standard InChI is InChI=1S/C11H15N3OS/c1-3-4-9(12)10(15)14-7-8(2)11-13-5-6-16-11/h1,5-6,8-9H,4,7,12H2,2H3,(H,14,15). The Kier molecular flexibility index (Phi) is 4.96. The third-order valence-electron chi connectivity index (χ3n) is 2.13. The fraction of sp³-hybridized carbons (Fsp3) is 0.455. The van der Waals surface area contributed by atoms with Crippen molar-refractivity contribution in [3.8, 4) is 12.3 Å². The number of nitrogens with zero attached hydrogens (tertiary/aromatic N) is 1. The highest BCUT2D eigenvalue weighted by atomic mass is 32.1. The van der Waals surface area contributed by atoms with Gasteiger partial charge in [0.2, 0.25) is 5.91 Å². The van der Waals surface area contributed by atoms with Crippen LogP contribution in [-0.2, 0) is 4.79 Å². The number of carbonyl (C=O) groups excluding carboxylic acids is 1. The van der Waals surface area contributed by atoms with Gasteiger partial charge in [-0.05, 0) is 0 Å². The van der Waals surface area contributed by atoms with Crippen LogP contribution >= 0.6 is 11.3 Å². The van der Waals surface area contributed by atoms with Gasteiger partial charge in [0, 0.05) is 30.5 Å². The number of rotatable bonds is 5. The first-order valence-corrected chi connectivity index (χ1v) is 5.89. The lowest BCUT2D eigenvalue weighted by atomic mass is 10.1. The Bertz CT molecular complexity index is 369. The summed E-state index contributed by atoms with van der Waals surface area (Å²) in [5.41, 5.74) is 5.57. The van der Waals surface area contributed by atoms with E-state index in [4.69, 9.17) is 12.2 Å². The van der Waals surface area contributed by atoms with Crippen molar-refractivity contribution in [3.05, 3.63) is 16.6 Å². The third kappa shape index (κ3) is 3.65. The molecule has 1 aromatic heterocycles. The van der Waals surface area contributed by atoms with E-state index < -0.39 is 6.04 Å². The molecule has 2 atom stereocenters. The van der Waals surface area contributed by atoms with Gasteiger partial charge in [-0.15, -0.1) is 23.7 Å². The van der Waals surface area contributed by atoms with Crippen molar-refractivity contribution in [1.82, 2.24) is 10.3 Å². The maximum Gasteiger partial charge on any atom is 0.237 e. The van der Waals surface area contributed by atoms with Crippen molar-refractivity contribution in [3.63, 3.8) is 0 Å². The summed E-state index contributed by atoms with van der Waals surface area (Å²) < 4.78 is 0. The molecule has 0 bridgehead atoms. The van der Waals surface area contributed by atoms with E-state index in [9.17, 15) is 4.79 Å². The van der Waals surface area contributed by atoms with Crippen LogP contribution in [0.5, 0.6) is 0 Å². The van der Waals surface area contributed by atoms with Crippen molar-refractivity contribution < 1.29 is 4.79 Å². The number of amides is 1. The Morgan fingerprint density at radius 3 is 3.12 bits per heavy atom.